The van der Waals surface area contributed by atoms with Gasteiger partial charge in [0.1, 0.15) is 0 Å². The van der Waals surface area contributed by atoms with E-state index < -0.39 is 0 Å². The van der Waals surface area contributed by atoms with Gasteiger partial charge < -0.3 is 15.3 Å². The number of carbonyl (C=O) groups is 1. The van der Waals surface area contributed by atoms with Crippen LogP contribution in [0.15, 0.2) is 0 Å². The minimum Gasteiger partial charge on any atom is -0.396 e. The maximum absolute atomic E-state index is 11.3. The standard InChI is InChI=1S/C9H16N2O2/c12-6-7-1-2-8(5-7)11-4-3-10-9(11)13/h7-8,12H,1-6H2,(H,10,13). The van der Waals surface area contributed by atoms with Crippen LogP contribution in [0.2, 0.25) is 0 Å². The highest BCUT2D eigenvalue weighted by Gasteiger charge is 2.33. The largest absolute Gasteiger partial charge is 0.396 e. The van der Waals surface area contributed by atoms with Crippen LogP contribution in [0.5, 0.6) is 0 Å². The van der Waals surface area contributed by atoms with Gasteiger partial charge in [-0.15, -0.1) is 0 Å². The first-order chi connectivity index (χ1) is 6.31. The lowest BCUT2D eigenvalue weighted by molar-refractivity contribution is 0.189. The molecular formula is C9H16N2O2. The van der Waals surface area contributed by atoms with Gasteiger partial charge in [-0.1, -0.05) is 0 Å². The summed E-state index contributed by atoms with van der Waals surface area (Å²) in [6, 6.07) is 0.447. The Morgan fingerprint density at radius 1 is 1.54 bits per heavy atom. The lowest BCUT2D eigenvalue weighted by Crippen LogP contribution is -2.36. The summed E-state index contributed by atoms with van der Waals surface area (Å²) in [4.78, 5) is 13.2. The van der Waals surface area contributed by atoms with Crippen molar-refractivity contribution in [2.75, 3.05) is 19.7 Å². The summed E-state index contributed by atoms with van der Waals surface area (Å²) in [6.45, 7) is 1.88. The monoisotopic (exact) mass is 184 g/mol. The van der Waals surface area contributed by atoms with Gasteiger partial charge in [-0.3, -0.25) is 0 Å². The highest BCUT2D eigenvalue weighted by molar-refractivity contribution is 5.76. The number of hydrogen-bond donors (Lipinski definition) is 2. The molecule has 0 aromatic rings. The van der Waals surface area contributed by atoms with E-state index in [9.17, 15) is 4.79 Å². The molecule has 1 saturated heterocycles. The van der Waals surface area contributed by atoms with Gasteiger partial charge >= 0.3 is 6.03 Å². The van der Waals surface area contributed by atoms with Gasteiger partial charge in [-0.2, -0.15) is 0 Å². The number of hydrogen-bond acceptors (Lipinski definition) is 2. The fourth-order valence-electron chi connectivity index (χ4n) is 2.33. The first kappa shape index (κ1) is 8.81. The summed E-state index contributed by atoms with van der Waals surface area (Å²) in [5, 5.41) is 11.8. The van der Waals surface area contributed by atoms with Crippen molar-refractivity contribution < 1.29 is 9.90 Å². The van der Waals surface area contributed by atoms with Crippen LogP contribution in [0.25, 0.3) is 0 Å². The van der Waals surface area contributed by atoms with E-state index in [2.05, 4.69) is 5.32 Å². The van der Waals surface area contributed by atoms with Crippen LogP contribution in [0.1, 0.15) is 19.3 Å². The summed E-state index contributed by atoms with van der Waals surface area (Å²) in [5.74, 6) is 0.415. The molecule has 1 saturated carbocycles. The Kier molecular flexibility index (Phi) is 2.40. The molecule has 13 heavy (non-hydrogen) atoms. The Balaban J connectivity index is 1.91. The molecule has 0 radical (unpaired) electrons. The molecule has 74 valence electrons. The number of amides is 2. The molecule has 4 nitrogen and oxygen atoms in total. The molecule has 0 bridgehead atoms. The third-order valence-electron chi connectivity index (χ3n) is 3.10. The topological polar surface area (TPSA) is 52.6 Å². The first-order valence-electron chi connectivity index (χ1n) is 4.96. The summed E-state index contributed by atoms with van der Waals surface area (Å²) in [7, 11) is 0. The zero-order chi connectivity index (χ0) is 9.26. The second-order valence-corrected chi connectivity index (χ2v) is 3.94. The minimum absolute atomic E-state index is 0.0728. The molecule has 2 unspecified atom stereocenters. The molecule has 2 amide bonds. The van der Waals surface area contributed by atoms with Crippen LogP contribution in [-0.2, 0) is 0 Å². The van der Waals surface area contributed by atoms with E-state index >= 15 is 0 Å². The molecule has 1 aliphatic heterocycles. The molecule has 1 heterocycles. The number of carbonyl (C=O) groups excluding carboxylic acids is 1. The predicted octanol–water partition coefficient (Wildman–Crippen LogP) is 0.173. The smallest absolute Gasteiger partial charge is 0.317 e. The van der Waals surface area contributed by atoms with Crippen LogP contribution in [-0.4, -0.2) is 41.8 Å². The van der Waals surface area contributed by atoms with E-state index in [0.717, 1.165) is 32.4 Å². The summed E-state index contributed by atoms with van der Waals surface area (Å²) in [5.41, 5.74) is 0. The van der Waals surface area contributed by atoms with Gasteiger partial charge in [0.2, 0.25) is 0 Å². The number of nitrogens with one attached hydrogen (secondary N) is 1. The molecular weight excluding hydrogens is 168 g/mol. The quantitative estimate of drug-likeness (QED) is 0.643. The van der Waals surface area contributed by atoms with E-state index in [1.807, 2.05) is 4.90 Å². The minimum atomic E-state index is 0.0728. The number of urea groups is 1. The Hall–Kier alpha value is -0.770. The van der Waals surface area contributed by atoms with Crippen molar-refractivity contribution >= 4 is 6.03 Å². The molecule has 2 atom stereocenters. The van der Waals surface area contributed by atoms with Crippen LogP contribution < -0.4 is 5.32 Å². The van der Waals surface area contributed by atoms with Crippen molar-refractivity contribution in [1.29, 1.82) is 0 Å². The molecule has 0 spiro atoms. The molecule has 1 aliphatic carbocycles. The van der Waals surface area contributed by atoms with E-state index in [1.165, 1.54) is 0 Å². The van der Waals surface area contributed by atoms with Gasteiger partial charge in [0.05, 0.1) is 0 Å². The van der Waals surface area contributed by atoms with Gasteiger partial charge in [0.15, 0.2) is 0 Å². The van der Waals surface area contributed by atoms with Gasteiger partial charge in [-0.05, 0) is 25.2 Å². The van der Waals surface area contributed by atoms with E-state index in [-0.39, 0.29) is 12.6 Å². The third kappa shape index (κ3) is 1.63. The lowest BCUT2D eigenvalue weighted by atomic mass is 10.1. The van der Waals surface area contributed by atoms with Crippen molar-refractivity contribution in [3.05, 3.63) is 0 Å². The van der Waals surface area contributed by atoms with Crippen LogP contribution in [0.3, 0.4) is 0 Å². The van der Waals surface area contributed by atoms with Crippen LogP contribution >= 0.6 is 0 Å². The second-order valence-electron chi connectivity index (χ2n) is 3.94. The molecule has 4 heteroatoms. The molecule has 2 N–H and O–H groups in total. The number of rotatable bonds is 2. The first-order valence-corrected chi connectivity index (χ1v) is 4.96. The molecule has 2 aliphatic rings. The summed E-state index contributed by atoms with van der Waals surface area (Å²) in [6.07, 6.45) is 3.09. The zero-order valence-corrected chi connectivity index (χ0v) is 7.70. The second kappa shape index (κ2) is 3.54. The van der Waals surface area contributed by atoms with E-state index in [1.54, 1.807) is 0 Å². The Labute approximate surface area is 77.9 Å². The lowest BCUT2D eigenvalue weighted by Gasteiger charge is -2.22. The molecule has 2 rings (SSSR count). The van der Waals surface area contributed by atoms with E-state index in [0.29, 0.717) is 12.0 Å². The van der Waals surface area contributed by atoms with E-state index in [4.69, 9.17) is 5.11 Å². The van der Waals surface area contributed by atoms with Gasteiger partial charge in [-0.25, -0.2) is 4.79 Å². The van der Waals surface area contributed by atoms with Crippen molar-refractivity contribution in [2.24, 2.45) is 5.92 Å². The normalized spacial score (nSPS) is 33.9. The highest BCUT2D eigenvalue weighted by atomic mass is 16.3. The van der Waals surface area contributed by atoms with Crippen molar-refractivity contribution in [3.63, 3.8) is 0 Å². The van der Waals surface area contributed by atoms with Gasteiger partial charge in [0.25, 0.3) is 0 Å². The Morgan fingerprint density at radius 2 is 2.38 bits per heavy atom. The third-order valence-corrected chi connectivity index (χ3v) is 3.10. The average Bonchev–Trinajstić information content (AvgIpc) is 2.71. The maximum atomic E-state index is 11.3. The fourth-order valence-corrected chi connectivity index (χ4v) is 2.33. The highest BCUT2D eigenvalue weighted by Crippen LogP contribution is 2.29. The summed E-state index contributed by atoms with van der Waals surface area (Å²) >= 11 is 0. The number of aliphatic hydroxyl groups excluding tert-OH is 1. The van der Waals surface area contributed by atoms with Crippen LogP contribution in [0, 0.1) is 5.92 Å². The average molecular weight is 184 g/mol. The maximum Gasteiger partial charge on any atom is 0.317 e. The predicted molar refractivity (Wildman–Crippen MR) is 48.3 cm³/mol. The van der Waals surface area contributed by atoms with Crippen molar-refractivity contribution in [2.45, 2.75) is 25.3 Å². The number of nitrogens with zero attached hydrogens (tertiary/aromatic N) is 1. The Morgan fingerprint density at radius 3 is 2.92 bits per heavy atom. The Bertz CT molecular complexity index is 208. The SMILES string of the molecule is O=C1NCCN1C1CCC(CO)C1. The zero-order valence-electron chi connectivity index (χ0n) is 7.70. The molecule has 0 aromatic heterocycles. The van der Waals surface area contributed by atoms with Crippen LogP contribution in [0.4, 0.5) is 4.79 Å². The summed E-state index contributed by atoms with van der Waals surface area (Å²) < 4.78 is 0. The number of aliphatic hydroxyl groups is 1. The fraction of sp³-hybridized carbons (Fsp3) is 0.889. The van der Waals surface area contributed by atoms with Crippen molar-refractivity contribution in [3.8, 4) is 0 Å². The molecule has 2 fully saturated rings. The van der Waals surface area contributed by atoms with Gasteiger partial charge in [0, 0.05) is 25.7 Å². The molecule has 0 aromatic carbocycles. The van der Waals surface area contributed by atoms with Crippen molar-refractivity contribution in [1.82, 2.24) is 10.2 Å².